The first-order valence-corrected chi connectivity index (χ1v) is 8.92. The van der Waals surface area contributed by atoms with Gasteiger partial charge in [0.15, 0.2) is 6.61 Å². The molecule has 3 rings (SSSR count). The molecule has 0 amide bonds. The van der Waals surface area contributed by atoms with Crippen LogP contribution in [-0.2, 0) is 32.0 Å². The van der Waals surface area contributed by atoms with E-state index in [1.54, 1.807) is 0 Å². The van der Waals surface area contributed by atoms with Crippen LogP contribution >= 0.6 is 0 Å². The van der Waals surface area contributed by atoms with Crippen LogP contribution in [0.3, 0.4) is 0 Å². The van der Waals surface area contributed by atoms with E-state index in [1.807, 2.05) is 38.1 Å². The molecule has 142 valence electrons. The Balaban J connectivity index is 1.61. The Morgan fingerprint density at radius 2 is 1.93 bits per heavy atom. The normalized spacial score (nSPS) is 13.3. The zero-order chi connectivity index (χ0) is 19.2. The van der Waals surface area contributed by atoms with E-state index >= 15 is 0 Å². The highest BCUT2D eigenvalue weighted by Crippen LogP contribution is 2.17. The minimum atomic E-state index is -0.694. The minimum Gasteiger partial charge on any atom is -0.493 e. The average Bonchev–Trinajstić information content (AvgIpc) is 2.99. The van der Waals surface area contributed by atoms with E-state index in [9.17, 15) is 9.59 Å². The number of carbonyl (C=O) groups excluding carboxylic acids is 2. The quantitative estimate of drug-likeness (QED) is 0.554. The second-order valence-electron chi connectivity index (χ2n) is 6.37. The summed E-state index contributed by atoms with van der Waals surface area (Å²) in [6, 6.07) is 12.1. The van der Waals surface area contributed by atoms with Gasteiger partial charge in [0.1, 0.15) is 19.5 Å². The zero-order valence-corrected chi connectivity index (χ0v) is 15.6. The van der Waals surface area contributed by atoms with E-state index in [1.165, 1.54) is 11.8 Å². The van der Waals surface area contributed by atoms with Crippen molar-refractivity contribution in [3.05, 3.63) is 70.9 Å². The number of hydrogen-bond acceptors (Lipinski definition) is 5. The monoisotopic (exact) mass is 369 g/mol. The lowest BCUT2D eigenvalue weighted by molar-refractivity contribution is -0.143. The van der Waals surface area contributed by atoms with Gasteiger partial charge < -0.3 is 18.8 Å². The summed E-state index contributed by atoms with van der Waals surface area (Å²) in [6.45, 7) is 5.02. The highest BCUT2D eigenvalue weighted by Gasteiger charge is 2.21. The lowest BCUT2D eigenvalue weighted by atomic mass is 10.1. The van der Waals surface area contributed by atoms with Gasteiger partial charge in [-0.15, -0.1) is 0 Å². The first-order valence-electron chi connectivity index (χ1n) is 8.92. The molecule has 0 fully saturated rings. The predicted molar refractivity (Wildman–Crippen MR) is 99.3 cm³/mol. The zero-order valence-electron chi connectivity index (χ0n) is 15.6. The van der Waals surface area contributed by atoms with Gasteiger partial charge in [-0.3, -0.25) is 4.79 Å². The number of nitrogens with zero attached hydrogens (tertiary/aromatic N) is 1. The summed E-state index contributed by atoms with van der Waals surface area (Å²) in [7, 11) is 0. The number of ether oxygens (including phenoxy) is 3. The van der Waals surface area contributed by atoms with Crippen molar-refractivity contribution in [3.63, 3.8) is 0 Å². The van der Waals surface area contributed by atoms with Crippen LogP contribution in [0.15, 0.2) is 48.4 Å². The molecular formula is C21H23NO5. The molecule has 0 saturated carbocycles. The number of hydrogen-bond donors (Lipinski definition) is 0. The fourth-order valence-electron chi connectivity index (χ4n) is 3.07. The first-order chi connectivity index (χ1) is 13.1. The van der Waals surface area contributed by atoms with Crippen molar-refractivity contribution in [2.24, 2.45) is 0 Å². The summed E-state index contributed by atoms with van der Waals surface area (Å²) in [5.74, 6) is -0.942. The van der Waals surface area contributed by atoms with Gasteiger partial charge in [-0.25, -0.2) is 4.79 Å². The molecule has 1 aromatic carbocycles. The number of ketones is 1. The van der Waals surface area contributed by atoms with Crippen LogP contribution in [-0.4, -0.2) is 36.1 Å². The molecule has 6 nitrogen and oxygen atoms in total. The number of aryl methyl sites for hydroxylation is 2. The second-order valence-corrected chi connectivity index (χ2v) is 6.37. The minimum absolute atomic E-state index is 0.0117. The van der Waals surface area contributed by atoms with Crippen LogP contribution in [0, 0.1) is 13.8 Å². The summed E-state index contributed by atoms with van der Waals surface area (Å²) in [5, 5.41) is 0. The number of rotatable bonds is 7. The molecule has 2 heterocycles. The van der Waals surface area contributed by atoms with Crippen LogP contribution in [0.2, 0.25) is 0 Å². The maximum atomic E-state index is 12.5. The van der Waals surface area contributed by atoms with Gasteiger partial charge in [-0.1, -0.05) is 30.3 Å². The molecule has 6 heteroatoms. The summed E-state index contributed by atoms with van der Waals surface area (Å²) in [6.07, 6.45) is 2.09. The second kappa shape index (κ2) is 8.58. The van der Waals surface area contributed by atoms with E-state index in [0.717, 1.165) is 24.4 Å². The lowest BCUT2D eigenvalue weighted by Gasteiger charge is -2.14. The molecule has 1 aliphatic heterocycles. The maximum absolute atomic E-state index is 12.5. The Labute approximate surface area is 158 Å². The number of benzene rings is 1. The molecule has 0 unspecified atom stereocenters. The molecule has 0 saturated heterocycles. The standard InChI is InChI=1S/C21H23NO5/c1-15-12-18(16(2)22(15)9-8-17-6-4-3-5-7-17)19(23)13-27-21(24)20-14-25-10-11-26-20/h3-7,12,14H,8-11,13H2,1-2H3. The summed E-state index contributed by atoms with van der Waals surface area (Å²) in [4.78, 5) is 24.4. The number of aromatic nitrogens is 1. The van der Waals surface area contributed by atoms with Crippen molar-refractivity contribution in [1.82, 2.24) is 4.57 Å². The first kappa shape index (κ1) is 18.8. The number of esters is 1. The van der Waals surface area contributed by atoms with Crippen LogP contribution in [0.5, 0.6) is 0 Å². The third-order valence-corrected chi connectivity index (χ3v) is 4.53. The fraction of sp³-hybridized carbons (Fsp3) is 0.333. The molecular weight excluding hydrogens is 346 g/mol. The molecule has 0 bridgehead atoms. The van der Waals surface area contributed by atoms with Crippen molar-refractivity contribution in [3.8, 4) is 0 Å². The Bertz CT molecular complexity index is 851. The van der Waals surface area contributed by atoms with Gasteiger partial charge in [0.25, 0.3) is 0 Å². The molecule has 0 radical (unpaired) electrons. The maximum Gasteiger partial charge on any atom is 0.377 e. The molecule has 0 spiro atoms. The van der Waals surface area contributed by atoms with Crippen LogP contribution in [0.4, 0.5) is 0 Å². The molecule has 0 atom stereocenters. The highest BCUT2D eigenvalue weighted by molar-refractivity contribution is 6.00. The van der Waals surface area contributed by atoms with E-state index < -0.39 is 5.97 Å². The van der Waals surface area contributed by atoms with Gasteiger partial charge in [0.05, 0.1) is 0 Å². The fourth-order valence-corrected chi connectivity index (χ4v) is 3.07. The Hall–Kier alpha value is -3.02. The summed E-state index contributed by atoms with van der Waals surface area (Å²) >= 11 is 0. The SMILES string of the molecule is Cc1cc(C(=O)COC(=O)C2=COCCO2)c(C)n1CCc1ccccc1. The van der Waals surface area contributed by atoms with Gasteiger partial charge in [0, 0.05) is 23.5 Å². The van der Waals surface area contributed by atoms with Crippen molar-refractivity contribution in [2.45, 2.75) is 26.8 Å². The predicted octanol–water partition coefficient (Wildman–Crippen LogP) is 2.96. The lowest BCUT2D eigenvalue weighted by Crippen LogP contribution is -2.20. The van der Waals surface area contributed by atoms with Gasteiger partial charge in [0.2, 0.25) is 11.5 Å². The average molecular weight is 369 g/mol. The van der Waals surface area contributed by atoms with Crippen LogP contribution in [0.1, 0.15) is 27.3 Å². The molecule has 0 aliphatic carbocycles. The Kier molecular flexibility index (Phi) is 5.96. The third kappa shape index (κ3) is 4.58. The molecule has 2 aromatic rings. The smallest absolute Gasteiger partial charge is 0.377 e. The summed E-state index contributed by atoms with van der Waals surface area (Å²) < 4.78 is 17.3. The van der Waals surface area contributed by atoms with E-state index in [-0.39, 0.29) is 24.8 Å². The van der Waals surface area contributed by atoms with Crippen molar-refractivity contribution < 1.29 is 23.8 Å². The van der Waals surface area contributed by atoms with Crippen molar-refractivity contribution in [1.29, 1.82) is 0 Å². The topological polar surface area (TPSA) is 66.8 Å². The van der Waals surface area contributed by atoms with E-state index in [0.29, 0.717) is 12.2 Å². The summed E-state index contributed by atoms with van der Waals surface area (Å²) in [5.41, 5.74) is 3.70. The van der Waals surface area contributed by atoms with Gasteiger partial charge in [-0.05, 0) is 31.9 Å². The van der Waals surface area contributed by atoms with Crippen LogP contribution < -0.4 is 0 Å². The molecule has 0 N–H and O–H groups in total. The van der Waals surface area contributed by atoms with Crippen LogP contribution in [0.25, 0.3) is 0 Å². The van der Waals surface area contributed by atoms with Crippen molar-refractivity contribution in [2.75, 3.05) is 19.8 Å². The largest absolute Gasteiger partial charge is 0.493 e. The number of carbonyl (C=O) groups is 2. The van der Waals surface area contributed by atoms with E-state index in [4.69, 9.17) is 14.2 Å². The Morgan fingerprint density at radius 1 is 1.15 bits per heavy atom. The van der Waals surface area contributed by atoms with E-state index in [2.05, 4.69) is 16.7 Å². The molecule has 27 heavy (non-hydrogen) atoms. The van der Waals surface area contributed by atoms with Gasteiger partial charge in [-0.2, -0.15) is 0 Å². The van der Waals surface area contributed by atoms with Crippen molar-refractivity contribution >= 4 is 11.8 Å². The van der Waals surface area contributed by atoms with Gasteiger partial charge >= 0.3 is 5.97 Å². The Morgan fingerprint density at radius 3 is 2.63 bits per heavy atom. The highest BCUT2D eigenvalue weighted by atomic mass is 16.6. The number of Topliss-reactive ketones (excluding diaryl/α,β-unsaturated/α-hetero) is 1. The third-order valence-electron chi connectivity index (χ3n) is 4.53. The molecule has 1 aliphatic rings. The molecule has 1 aromatic heterocycles.